The summed E-state index contributed by atoms with van der Waals surface area (Å²) in [5.41, 5.74) is 0.587. The molecule has 6 heteroatoms. The van der Waals surface area contributed by atoms with E-state index in [4.69, 9.17) is 0 Å². The van der Waals surface area contributed by atoms with Gasteiger partial charge in [0.1, 0.15) is 5.75 Å². The number of aromatic hydroxyl groups is 1. The Kier molecular flexibility index (Phi) is 1.82. The van der Waals surface area contributed by atoms with Gasteiger partial charge in [-0.25, -0.2) is 4.52 Å². The lowest BCUT2D eigenvalue weighted by molar-refractivity contribution is -0.117. The van der Waals surface area contributed by atoms with Crippen molar-refractivity contribution in [2.24, 2.45) is 5.92 Å². The van der Waals surface area contributed by atoms with Gasteiger partial charge < -0.3 is 5.11 Å². The van der Waals surface area contributed by atoms with Gasteiger partial charge in [-0.2, -0.15) is 4.98 Å². The van der Waals surface area contributed by atoms with Crippen molar-refractivity contribution in [3.63, 3.8) is 0 Å². The minimum Gasteiger partial charge on any atom is -0.506 e. The molecule has 0 radical (unpaired) electrons. The average molecular weight is 218 g/mol. The Labute approximate surface area is 90.9 Å². The molecule has 82 valence electrons. The van der Waals surface area contributed by atoms with Crippen LogP contribution in [0.15, 0.2) is 18.3 Å². The molecule has 1 aliphatic carbocycles. The molecule has 16 heavy (non-hydrogen) atoms. The third kappa shape index (κ3) is 1.58. The zero-order chi connectivity index (χ0) is 11.1. The molecule has 0 unspecified atom stereocenters. The number of anilines is 1. The number of hydrogen-bond acceptors (Lipinski definition) is 4. The minimum absolute atomic E-state index is 0.0277. The zero-order valence-corrected chi connectivity index (χ0v) is 8.42. The van der Waals surface area contributed by atoms with Crippen LogP contribution in [-0.2, 0) is 4.79 Å². The van der Waals surface area contributed by atoms with E-state index >= 15 is 0 Å². The van der Waals surface area contributed by atoms with Crippen molar-refractivity contribution in [3.8, 4) is 5.75 Å². The highest BCUT2D eigenvalue weighted by molar-refractivity contribution is 5.92. The molecule has 2 aromatic rings. The summed E-state index contributed by atoms with van der Waals surface area (Å²) in [5.74, 6) is 0.486. The molecule has 0 spiro atoms. The second-order valence-corrected chi connectivity index (χ2v) is 3.89. The van der Waals surface area contributed by atoms with Crippen molar-refractivity contribution in [2.45, 2.75) is 12.8 Å². The zero-order valence-electron chi connectivity index (χ0n) is 8.42. The second kappa shape index (κ2) is 3.19. The number of pyridine rings is 1. The first kappa shape index (κ1) is 9.14. The van der Waals surface area contributed by atoms with Gasteiger partial charge in [-0.3, -0.25) is 10.1 Å². The van der Waals surface area contributed by atoms with E-state index in [1.807, 2.05) is 0 Å². The summed E-state index contributed by atoms with van der Waals surface area (Å²) in [4.78, 5) is 15.6. The molecule has 1 amide bonds. The van der Waals surface area contributed by atoms with E-state index in [1.54, 1.807) is 6.07 Å². The van der Waals surface area contributed by atoms with Crippen molar-refractivity contribution >= 4 is 17.5 Å². The number of nitrogens with one attached hydrogen (secondary N) is 1. The molecule has 1 fully saturated rings. The molecule has 3 rings (SSSR count). The van der Waals surface area contributed by atoms with Gasteiger partial charge in [0, 0.05) is 5.92 Å². The monoisotopic (exact) mass is 218 g/mol. The third-order valence-corrected chi connectivity index (χ3v) is 2.50. The molecule has 0 aliphatic heterocycles. The summed E-state index contributed by atoms with van der Waals surface area (Å²) in [6, 6.07) is 3.16. The van der Waals surface area contributed by atoms with E-state index in [2.05, 4.69) is 15.4 Å². The lowest BCUT2D eigenvalue weighted by Crippen LogP contribution is -2.14. The quantitative estimate of drug-likeness (QED) is 0.780. The number of amides is 1. The highest BCUT2D eigenvalue weighted by Gasteiger charge is 2.30. The fourth-order valence-electron chi connectivity index (χ4n) is 1.48. The molecule has 0 atom stereocenters. The van der Waals surface area contributed by atoms with Crippen LogP contribution >= 0.6 is 0 Å². The normalized spacial score (nSPS) is 15.2. The molecule has 2 aromatic heterocycles. The van der Waals surface area contributed by atoms with Crippen LogP contribution in [0.4, 0.5) is 5.95 Å². The number of carbonyl (C=O) groups is 1. The predicted octanol–water partition coefficient (Wildman–Crippen LogP) is 0.783. The topological polar surface area (TPSA) is 79.5 Å². The van der Waals surface area contributed by atoms with Gasteiger partial charge >= 0.3 is 0 Å². The number of rotatable bonds is 2. The summed E-state index contributed by atoms with van der Waals surface area (Å²) >= 11 is 0. The average Bonchev–Trinajstić information content (AvgIpc) is 3.00. The van der Waals surface area contributed by atoms with Crippen molar-refractivity contribution < 1.29 is 9.90 Å². The number of aromatic nitrogens is 3. The van der Waals surface area contributed by atoms with Crippen molar-refractivity contribution in [2.75, 3.05) is 5.32 Å². The highest BCUT2D eigenvalue weighted by atomic mass is 16.3. The Hall–Kier alpha value is -2.11. The van der Waals surface area contributed by atoms with Crippen LogP contribution in [0.3, 0.4) is 0 Å². The van der Waals surface area contributed by atoms with Gasteiger partial charge in [-0.15, -0.1) is 5.10 Å². The van der Waals surface area contributed by atoms with E-state index in [0.29, 0.717) is 5.65 Å². The van der Waals surface area contributed by atoms with Gasteiger partial charge in [-0.05, 0) is 25.0 Å². The van der Waals surface area contributed by atoms with Gasteiger partial charge in [-0.1, -0.05) is 0 Å². The van der Waals surface area contributed by atoms with Crippen LogP contribution in [0.2, 0.25) is 0 Å². The first-order valence-corrected chi connectivity index (χ1v) is 5.08. The van der Waals surface area contributed by atoms with Crippen LogP contribution in [-0.4, -0.2) is 25.6 Å². The molecule has 0 bridgehead atoms. The molecule has 0 aromatic carbocycles. The summed E-state index contributed by atoms with van der Waals surface area (Å²) < 4.78 is 1.43. The van der Waals surface area contributed by atoms with Gasteiger partial charge in [0.25, 0.3) is 0 Å². The standard InChI is InChI=1S/C10H10N4O2/c15-7-3-4-8-11-10(13-14(8)5-7)12-9(16)6-1-2-6/h3-6,15H,1-2H2,(H,12,13,16). The Morgan fingerprint density at radius 1 is 1.50 bits per heavy atom. The third-order valence-electron chi connectivity index (χ3n) is 2.50. The summed E-state index contributed by atoms with van der Waals surface area (Å²) in [6.07, 6.45) is 3.33. The van der Waals surface area contributed by atoms with Gasteiger partial charge in [0.05, 0.1) is 6.20 Å². The first-order valence-electron chi connectivity index (χ1n) is 5.08. The predicted molar refractivity (Wildman–Crippen MR) is 56.0 cm³/mol. The van der Waals surface area contributed by atoms with E-state index in [9.17, 15) is 9.90 Å². The van der Waals surface area contributed by atoms with Crippen LogP contribution in [0.5, 0.6) is 5.75 Å². The SMILES string of the molecule is O=C(Nc1nc2ccc(O)cn2n1)C1CC1. The Bertz CT molecular complexity index is 559. The van der Waals surface area contributed by atoms with Gasteiger partial charge in [0.15, 0.2) is 5.65 Å². The minimum atomic E-state index is -0.0277. The first-order chi connectivity index (χ1) is 7.72. The summed E-state index contributed by atoms with van der Waals surface area (Å²) in [7, 11) is 0. The summed E-state index contributed by atoms with van der Waals surface area (Å²) in [5, 5.41) is 15.9. The van der Waals surface area contributed by atoms with Crippen LogP contribution < -0.4 is 5.32 Å². The van der Waals surface area contributed by atoms with Crippen LogP contribution in [0.25, 0.3) is 5.65 Å². The molecule has 1 aliphatic rings. The lowest BCUT2D eigenvalue weighted by atomic mass is 10.4. The Balaban J connectivity index is 1.89. The smallest absolute Gasteiger partial charge is 0.249 e. The molecule has 2 N–H and O–H groups in total. The summed E-state index contributed by atoms with van der Waals surface area (Å²) in [6.45, 7) is 0. The van der Waals surface area contributed by atoms with E-state index < -0.39 is 0 Å². The molecular weight excluding hydrogens is 208 g/mol. The molecule has 2 heterocycles. The lowest BCUT2D eigenvalue weighted by Gasteiger charge is -1.95. The van der Waals surface area contributed by atoms with E-state index in [1.165, 1.54) is 16.8 Å². The van der Waals surface area contributed by atoms with E-state index in [0.717, 1.165) is 12.8 Å². The molecule has 1 saturated carbocycles. The number of hydrogen-bond donors (Lipinski definition) is 2. The fraction of sp³-hybridized carbons (Fsp3) is 0.300. The Morgan fingerprint density at radius 3 is 3.06 bits per heavy atom. The maximum atomic E-state index is 11.5. The molecule has 0 saturated heterocycles. The highest BCUT2D eigenvalue weighted by Crippen LogP contribution is 2.29. The molecule has 6 nitrogen and oxygen atoms in total. The maximum Gasteiger partial charge on any atom is 0.249 e. The fourth-order valence-corrected chi connectivity index (χ4v) is 1.48. The van der Waals surface area contributed by atoms with Crippen LogP contribution in [0.1, 0.15) is 12.8 Å². The second-order valence-electron chi connectivity index (χ2n) is 3.89. The Morgan fingerprint density at radius 2 is 2.31 bits per heavy atom. The van der Waals surface area contributed by atoms with Crippen molar-refractivity contribution in [1.82, 2.24) is 14.6 Å². The molecular formula is C10H10N4O2. The maximum absolute atomic E-state index is 11.5. The van der Waals surface area contributed by atoms with Crippen LogP contribution in [0, 0.1) is 5.92 Å². The van der Waals surface area contributed by atoms with Crippen molar-refractivity contribution in [1.29, 1.82) is 0 Å². The number of nitrogens with zero attached hydrogens (tertiary/aromatic N) is 3. The number of carbonyl (C=O) groups excluding carboxylic acids is 1. The number of fused-ring (bicyclic) bond motifs is 1. The van der Waals surface area contributed by atoms with Crippen molar-refractivity contribution in [3.05, 3.63) is 18.3 Å². The van der Waals surface area contributed by atoms with Gasteiger partial charge in [0.2, 0.25) is 11.9 Å². The largest absolute Gasteiger partial charge is 0.506 e. The van der Waals surface area contributed by atoms with E-state index in [-0.39, 0.29) is 23.5 Å².